The van der Waals surface area contributed by atoms with E-state index in [1.165, 1.54) is 12.3 Å². The highest BCUT2D eigenvalue weighted by Gasteiger charge is 2.21. The first kappa shape index (κ1) is 18.3. The zero-order chi connectivity index (χ0) is 18.7. The second kappa shape index (κ2) is 7.41. The van der Waals surface area contributed by atoms with E-state index >= 15 is 0 Å². The van der Waals surface area contributed by atoms with E-state index in [2.05, 4.69) is 5.16 Å². The Morgan fingerprint density at radius 1 is 1.12 bits per heavy atom. The van der Waals surface area contributed by atoms with Crippen LogP contribution in [0.3, 0.4) is 0 Å². The van der Waals surface area contributed by atoms with Gasteiger partial charge in [0.25, 0.3) is 0 Å². The Bertz CT molecular complexity index is 1010. The van der Waals surface area contributed by atoms with Crippen molar-refractivity contribution in [1.82, 2.24) is 5.16 Å². The molecule has 0 saturated carbocycles. The zero-order valence-electron chi connectivity index (χ0n) is 14.6. The van der Waals surface area contributed by atoms with Gasteiger partial charge in [-0.2, -0.15) is 0 Å². The minimum Gasteiger partial charge on any atom is -0.377 e. The summed E-state index contributed by atoms with van der Waals surface area (Å²) in [6.45, 7) is 4.72. The SMILES string of the molecule is CCOCc1c(-c2ccccc2S(N)(=O)=O)ccc(C)c1-c1ccon1. The molecule has 7 heteroatoms. The van der Waals surface area contributed by atoms with Crippen molar-refractivity contribution in [3.63, 3.8) is 0 Å². The number of hydrogen-bond acceptors (Lipinski definition) is 5. The quantitative estimate of drug-likeness (QED) is 0.714. The minimum absolute atomic E-state index is 0.0766. The molecule has 0 bridgehead atoms. The molecule has 6 nitrogen and oxygen atoms in total. The van der Waals surface area contributed by atoms with E-state index in [1.807, 2.05) is 26.0 Å². The van der Waals surface area contributed by atoms with Gasteiger partial charge in [0.15, 0.2) is 0 Å². The van der Waals surface area contributed by atoms with Crippen LogP contribution >= 0.6 is 0 Å². The van der Waals surface area contributed by atoms with Crippen molar-refractivity contribution in [3.8, 4) is 22.4 Å². The zero-order valence-corrected chi connectivity index (χ0v) is 15.4. The fourth-order valence-electron chi connectivity index (χ4n) is 3.01. The van der Waals surface area contributed by atoms with Crippen LogP contribution < -0.4 is 5.14 Å². The van der Waals surface area contributed by atoms with Gasteiger partial charge >= 0.3 is 0 Å². The summed E-state index contributed by atoms with van der Waals surface area (Å²) in [4.78, 5) is 0.0766. The number of nitrogens with two attached hydrogens (primary N) is 1. The molecule has 0 amide bonds. The molecule has 0 aliphatic carbocycles. The molecule has 0 fully saturated rings. The van der Waals surface area contributed by atoms with E-state index in [0.29, 0.717) is 24.5 Å². The Hall–Kier alpha value is -2.48. The number of benzene rings is 2. The number of ether oxygens (including phenoxy) is 1. The smallest absolute Gasteiger partial charge is 0.238 e. The molecule has 0 unspecified atom stereocenters. The van der Waals surface area contributed by atoms with Crippen LogP contribution in [0.15, 0.2) is 58.1 Å². The van der Waals surface area contributed by atoms with Crippen molar-refractivity contribution < 1.29 is 17.7 Å². The maximum absolute atomic E-state index is 12.1. The lowest BCUT2D eigenvalue weighted by molar-refractivity contribution is 0.134. The molecule has 2 aromatic carbocycles. The average molecular weight is 372 g/mol. The molecule has 26 heavy (non-hydrogen) atoms. The van der Waals surface area contributed by atoms with Crippen molar-refractivity contribution in [1.29, 1.82) is 0 Å². The normalized spacial score (nSPS) is 11.7. The van der Waals surface area contributed by atoms with Gasteiger partial charge < -0.3 is 9.26 Å². The molecule has 136 valence electrons. The number of aryl methyl sites for hydroxylation is 1. The molecule has 0 aliphatic rings. The monoisotopic (exact) mass is 372 g/mol. The molecule has 0 aliphatic heterocycles. The van der Waals surface area contributed by atoms with Crippen LogP contribution in [0.25, 0.3) is 22.4 Å². The Balaban J connectivity index is 2.31. The second-order valence-electron chi connectivity index (χ2n) is 5.85. The lowest BCUT2D eigenvalue weighted by Crippen LogP contribution is -2.14. The lowest BCUT2D eigenvalue weighted by Gasteiger charge is -2.18. The molecule has 0 atom stereocenters. The van der Waals surface area contributed by atoms with Crippen LogP contribution in [0.1, 0.15) is 18.1 Å². The topological polar surface area (TPSA) is 95.4 Å². The summed E-state index contributed by atoms with van der Waals surface area (Å²) in [7, 11) is -3.87. The van der Waals surface area contributed by atoms with Gasteiger partial charge in [-0.15, -0.1) is 0 Å². The van der Waals surface area contributed by atoms with Crippen LogP contribution in [0.5, 0.6) is 0 Å². The standard InChI is InChI=1S/C19H20N2O4S/c1-3-24-12-16-14(15-6-4-5-7-18(15)26(20,22)23)9-8-13(2)19(16)17-10-11-25-21-17/h4-11H,3,12H2,1-2H3,(H2,20,22,23). The first-order valence-corrected chi connectivity index (χ1v) is 9.71. The van der Waals surface area contributed by atoms with Crippen molar-refractivity contribution in [2.24, 2.45) is 5.14 Å². The number of aromatic nitrogens is 1. The van der Waals surface area contributed by atoms with E-state index in [1.54, 1.807) is 24.3 Å². The van der Waals surface area contributed by atoms with Crippen molar-refractivity contribution in [2.45, 2.75) is 25.3 Å². The summed E-state index contributed by atoms with van der Waals surface area (Å²) in [5.74, 6) is 0. The summed E-state index contributed by atoms with van der Waals surface area (Å²) < 4.78 is 34.8. The largest absolute Gasteiger partial charge is 0.377 e. The number of nitrogens with zero attached hydrogens (tertiary/aromatic N) is 1. The summed E-state index contributed by atoms with van der Waals surface area (Å²) in [6, 6.07) is 12.3. The highest BCUT2D eigenvalue weighted by atomic mass is 32.2. The van der Waals surface area contributed by atoms with Crippen LogP contribution in [0, 0.1) is 6.92 Å². The van der Waals surface area contributed by atoms with Crippen molar-refractivity contribution in [3.05, 3.63) is 59.9 Å². The lowest BCUT2D eigenvalue weighted by atomic mass is 9.91. The Morgan fingerprint density at radius 2 is 1.88 bits per heavy atom. The van der Waals surface area contributed by atoms with Gasteiger partial charge in [-0.25, -0.2) is 13.6 Å². The molecule has 0 saturated heterocycles. The van der Waals surface area contributed by atoms with E-state index in [9.17, 15) is 8.42 Å². The predicted molar refractivity (Wildman–Crippen MR) is 98.8 cm³/mol. The fraction of sp³-hybridized carbons (Fsp3) is 0.211. The second-order valence-corrected chi connectivity index (χ2v) is 7.38. The van der Waals surface area contributed by atoms with Gasteiger partial charge in [0, 0.05) is 23.8 Å². The van der Waals surface area contributed by atoms with Crippen molar-refractivity contribution in [2.75, 3.05) is 6.61 Å². The molecule has 3 rings (SSSR count). The Morgan fingerprint density at radius 3 is 2.54 bits per heavy atom. The maximum Gasteiger partial charge on any atom is 0.238 e. The van der Waals surface area contributed by atoms with Gasteiger partial charge in [0.2, 0.25) is 10.0 Å². The molecule has 0 radical (unpaired) electrons. The van der Waals surface area contributed by atoms with Gasteiger partial charge in [0.1, 0.15) is 12.0 Å². The molecule has 0 spiro atoms. The van der Waals surface area contributed by atoms with Crippen LogP contribution in [-0.4, -0.2) is 20.2 Å². The highest BCUT2D eigenvalue weighted by molar-refractivity contribution is 7.89. The van der Waals surface area contributed by atoms with E-state index < -0.39 is 10.0 Å². The van der Waals surface area contributed by atoms with Crippen LogP contribution in [0.2, 0.25) is 0 Å². The molecular weight excluding hydrogens is 352 g/mol. The average Bonchev–Trinajstić information content (AvgIpc) is 3.13. The van der Waals surface area contributed by atoms with E-state index in [0.717, 1.165) is 22.3 Å². The third-order valence-corrected chi connectivity index (χ3v) is 5.12. The van der Waals surface area contributed by atoms with Crippen LogP contribution in [-0.2, 0) is 21.4 Å². The Kier molecular flexibility index (Phi) is 5.22. The van der Waals surface area contributed by atoms with E-state index in [-0.39, 0.29) is 4.90 Å². The predicted octanol–water partition coefficient (Wildman–Crippen LogP) is 3.50. The van der Waals surface area contributed by atoms with E-state index in [4.69, 9.17) is 14.4 Å². The molecule has 2 N–H and O–H groups in total. The first-order valence-electron chi connectivity index (χ1n) is 8.16. The summed E-state index contributed by atoms with van der Waals surface area (Å²) >= 11 is 0. The third kappa shape index (κ3) is 3.55. The van der Waals surface area contributed by atoms with Crippen LogP contribution in [0.4, 0.5) is 0 Å². The van der Waals surface area contributed by atoms with Crippen molar-refractivity contribution >= 4 is 10.0 Å². The first-order chi connectivity index (χ1) is 12.4. The summed E-state index contributed by atoms with van der Waals surface area (Å²) in [5.41, 5.74) is 4.66. The molecular formula is C19H20N2O4S. The maximum atomic E-state index is 12.1. The number of rotatable bonds is 6. The number of sulfonamides is 1. The van der Waals surface area contributed by atoms with Gasteiger partial charge in [-0.05, 0) is 36.6 Å². The molecule has 1 heterocycles. The summed E-state index contributed by atoms with van der Waals surface area (Å²) in [6.07, 6.45) is 1.50. The Labute approximate surface area is 152 Å². The third-order valence-electron chi connectivity index (χ3n) is 4.15. The number of hydrogen-bond donors (Lipinski definition) is 1. The summed E-state index contributed by atoms with van der Waals surface area (Å²) in [5, 5.41) is 9.47. The fourth-order valence-corrected chi connectivity index (χ4v) is 3.76. The van der Waals surface area contributed by atoms with Gasteiger partial charge in [0.05, 0.1) is 11.5 Å². The van der Waals surface area contributed by atoms with Gasteiger partial charge in [-0.3, -0.25) is 0 Å². The highest BCUT2D eigenvalue weighted by Crippen LogP contribution is 2.37. The van der Waals surface area contributed by atoms with Gasteiger partial charge in [-0.1, -0.05) is 35.5 Å². The molecule has 1 aromatic heterocycles. The minimum atomic E-state index is -3.87. The molecule has 3 aromatic rings. The number of primary sulfonamides is 1.